The summed E-state index contributed by atoms with van der Waals surface area (Å²) in [6.45, 7) is 5.08. The van der Waals surface area contributed by atoms with Crippen LogP contribution in [0.5, 0.6) is 0 Å². The first-order valence-corrected chi connectivity index (χ1v) is 7.53. The highest BCUT2D eigenvalue weighted by atomic mass is 16.3. The molecule has 0 aliphatic heterocycles. The highest BCUT2D eigenvalue weighted by Gasteiger charge is 2.24. The minimum atomic E-state index is -0.182. The first kappa shape index (κ1) is 13.6. The predicted molar refractivity (Wildman–Crippen MR) is 80.7 cm³/mol. The van der Waals surface area contributed by atoms with Gasteiger partial charge in [0.1, 0.15) is 5.82 Å². The molecule has 1 aromatic carbocycles. The van der Waals surface area contributed by atoms with Crippen LogP contribution in [-0.2, 0) is 6.54 Å². The Labute approximate surface area is 119 Å². The van der Waals surface area contributed by atoms with E-state index in [9.17, 15) is 5.11 Å². The molecule has 4 nitrogen and oxygen atoms in total. The van der Waals surface area contributed by atoms with Crippen molar-refractivity contribution in [3.63, 3.8) is 0 Å². The molecule has 108 valence electrons. The third kappa shape index (κ3) is 2.72. The quantitative estimate of drug-likeness (QED) is 0.802. The zero-order valence-corrected chi connectivity index (χ0v) is 12.2. The molecule has 1 heterocycles. The Bertz CT molecular complexity index is 590. The van der Waals surface area contributed by atoms with Crippen molar-refractivity contribution in [2.24, 2.45) is 0 Å². The van der Waals surface area contributed by atoms with Crippen molar-refractivity contribution in [1.82, 2.24) is 15.3 Å². The fourth-order valence-corrected chi connectivity index (χ4v) is 2.89. The number of imidazole rings is 1. The fraction of sp³-hybridized carbons (Fsp3) is 0.562. The zero-order chi connectivity index (χ0) is 14.1. The second-order valence-corrected chi connectivity index (χ2v) is 6.11. The molecule has 2 atom stereocenters. The molecule has 1 aliphatic rings. The molecule has 0 radical (unpaired) electrons. The van der Waals surface area contributed by atoms with Crippen LogP contribution in [0, 0.1) is 0 Å². The lowest BCUT2D eigenvalue weighted by Gasteiger charge is -2.16. The van der Waals surface area contributed by atoms with Crippen LogP contribution in [0.3, 0.4) is 0 Å². The van der Waals surface area contributed by atoms with Crippen molar-refractivity contribution in [2.75, 3.05) is 0 Å². The van der Waals surface area contributed by atoms with Crippen LogP contribution in [0.15, 0.2) is 18.2 Å². The van der Waals surface area contributed by atoms with E-state index in [0.717, 1.165) is 42.7 Å². The normalized spacial score (nSPS) is 23.0. The van der Waals surface area contributed by atoms with Gasteiger partial charge in [0.2, 0.25) is 0 Å². The molecule has 3 rings (SSSR count). The number of nitrogens with zero attached hydrogens (tertiary/aromatic N) is 1. The Balaban J connectivity index is 1.72. The predicted octanol–water partition coefficient (Wildman–Crippen LogP) is 2.69. The molecule has 1 fully saturated rings. The van der Waals surface area contributed by atoms with Crippen LogP contribution < -0.4 is 5.32 Å². The molecule has 1 saturated carbocycles. The van der Waals surface area contributed by atoms with Crippen molar-refractivity contribution in [3.8, 4) is 0 Å². The van der Waals surface area contributed by atoms with Crippen LogP contribution in [-0.4, -0.2) is 27.2 Å². The van der Waals surface area contributed by atoms with Crippen molar-refractivity contribution in [3.05, 3.63) is 29.6 Å². The highest BCUT2D eigenvalue weighted by Crippen LogP contribution is 2.21. The molecule has 20 heavy (non-hydrogen) atoms. The molecule has 0 unspecified atom stereocenters. The maximum Gasteiger partial charge on any atom is 0.109 e. The van der Waals surface area contributed by atoms with E-state index in [-0.39, 0.29) is 12.1 Å². The number of aliphatic hydroxyl groups excluding tert-OH is 1. The lowest BCUT2D eigenvalue weighted by Crippen LogP contribution is -2.34. The van der Waals surface area contributed by atoms with Gasteiger partial charge in [-0.15, -0.1) is 0 Å². The molecule has 0 bridgehead atoms. The van der Waals surface area contributed by atoms with Gasteiger partial charge in [0.25, 0.3) is 0 Å². The lowest BCUT2D eigenvalue weighted by atomic mass is 10.1. The van der Waals surface area contributed by atoms with Gasteiger partial charge < -0.3 is 15.4 Å². The van der Waals surface area contributed by atoms with Crippen molar-refractivity contribution >= 4 is 11.0 Å². The molecule has 2 aromatic rings. The van der Waals surface area contributed by atoms with Gasteiger partial charge in [0.05, 0.1) is 17.1 Å². The second-order valence-electron chi connectivity index (χ2n) is 6.11. The smallest absolute Gasteiger partial charge is 0.109 e. The average Bonchev–Trinajstić information content (AvgIpc) is 3.01. The van der Waals surface area contributed by atoms with E-state index in [4.69, 9.17) is 0 Å². The number of benzene rings is 1. The summed E-state index contributed by atoms with van der Waals surface area (Å²) in [5, 5.41) is 13.3. The van der Waals surface area contributed by atoms with E-state index in [1.54, 1.807) is 0 Å². The molecule has 0 saturated heterocycles. The van der Waals surface area contributed by atoms with Crippen molar-refractivity contribution < 1.29 is 5.11 Å². The summed E-state index contributed by atoms with van der Waals surface area (Å²) in [6.07, 6.45) is 2.94. The number of aromatic amines is 1. The number of nitrogens with one attached hydrogen (secondary N) is 2. The summed E-state index contributed by atoms with van der Waals surface area (Å²) in [7, 11) is 0. The van der Waals surface area contributed by atoms with E-state index < -0.39 is 0 Å². The minimum absolute atomic E-state index is 0.182. The average molecular weight is 273 g/mol. The third-order valence-electron chi connectivity index (χ3n) is 4.16. The molecule has 1 aromatic heterocycles. The van der Waals surface area contributed by atoms with Gasteiger partial charge >= 0.3 is 0 Å². The number of aliphatic hydroxyl groups is 1. The monoisotopic (exact) mass is 273 g/mol. The van der Waals surface area contributed by atoms with Crippen LogP contribution >= 0.6 is 0 Å². The van der Waals surface area contributed by atoms with Gasteiger partial charge in [-0.3, -0.25) is 0 Å². The molecule has 0 spiro atoms. The number of hydrogen-bond donors (Lipinski definition) is 3. The maximum atomic E-state index is 9.82. The number of rotatable bonds is 4. The Morgan fingerprint density at radius 1 is 1.40 bits per heavy atom. The highest BCUT2D eigenvalue weighted by molar-refractivity contribution is 5.76. The Hall–Kier alpha value is -1.39. The standard InChI is InChI=1S/C16H23N3O/c1-10(2)16-18-12-7-6-11(8-14(12)19-16)9-17-13-4-3-5-15(13)20/h6-8,10,13,15,17,20H,3-5,9H2,1-2H3,(H,18,19)/t13-,15+/m0/s1. The first-order valence-electron chi connectivity index (χ1n) is 7.53. The number of hydrogen-bond acceptors (Lipinski definition) is 3. The van der Waals surface area contributed by atoms with Crippen LogP contribution in [0.1, 0.15) is 50.4 Å². The fourth-order valence-electron chi connectivity index (χ4n) is 2.89. The summed E-state index contributed by atoms with van der Waals surface area (Å²) in [5.74, 6) is 1.45. The Kier molecular flexibility index (Phi) is 3.76. The van der Waals surface area contributed by atoms with E-state index in [1.807, 2.05) is 0 Å². The van der Waals surface area contributed by atoms with E-state index in [1.165, 1.54) is 5.56 Å². The van der Waals surface area contributed by atoms with Crippen molar-refractivity contribution in [1.29, 1.82) is 0 Å². The summed E-state index contributed by atoms with van der Waals surface area (Å²) in [5.41, 5.74) is 3.36. The van der Waals surface area contributed by atoms with Crippen LogP contribution in [0.25, 0.3) is 11.0 Å². The summed E-state index contributed by atoms with van der Waals surface area (Å²) in [6, 6.07) is 6.59. The van der Waals surface area contributed by atoms with Crippen molar-refractivity contribution in [2.45, 2.75) is 57.7 Å². The largest absolute Gasteiger partial charge is 0.392 e. The first-order chi connectivity index (χ1) is 9.63. The zero-order valence-electron chi connectivity index (χ0n) is 12.2. The summed E-state index contributed by atoms with van der Waals surface area (Å²) in [4.78, 5) is 7.97. The second kappa shape index (κ2) is 5.54. The van der Waals surface area contributed by atoms with E-state index >= 15 is 0 Å². The lowest BCUT2D eigenvalue weighted by molar-refractivity contribution is 0.148. The SMILES string of the molecule is CC(C)c1nc2ccc(CN[C@H]3CCC[C@H]3O)cc2[nH]1. The Morgan fingerprint density at radius 3 is 2.95 bits per heavy atom. The molecule has 1 aliphatic carbocycles. The van der Waals surface area contributed by atoms with Gasteiger partial charge in [-0.1, -0.05) is 19.9 Å². The Morgan fingerprint density at radius 2 is 2.25 bits per heavy atom. The van der Waals surface area contributed by atoms with Crippen LogP contribution in [0.2, 0.25) is 0 Å². The third-order valence-corrected chi connectivity index (χ3v) is 4.16. The number of aromatic nitrogens is 2. The van der Waals surface area contributed by atoms with Gasteiger partial charge in [0, 0.05) is 18.5 Å². The van der Waals surface area contributed by atoms with Gasteiger partial charge in [-0.05, 0) is 37.0 Å². The molecule has 4 heteroatoms. The van der Waals surface area contributed by atoms with Gasteiger partial charge in [0.15, 0.2) is 0 Å². The van der Waals surface area contributed by atoms with E-state index in [2.05, 4.69) is 47.3 Å². The number of H-pyrrole nitrogens is 1. The summed E-state index contributed by atoms with van der Waals surface area (Å²) >= 11 is 0. The summed E-state index contributed by atoms with van der Waals surface area (Å²) < 4.78 is 0. The van der Waals surface area contributed by atoms with Gasteiger partial charge in [-0.25, -0.2) is 4.98 Å². The number of fused-ring (bicyclic) bond motifs is 1. The molecular weight excluding hydrogens is 250 g/mol. The topological polar surface area (TPSA) is 60.9 Å². The van der Waals surface area contributed by atoms with Gasteiger partial charge in [-0.2, -0.15) is 0 Å². The van der Waals surface area contributed by atoms with Crippen LogP contribution in [0.4, 0.5) is 0 Å². The minimum Gasteiger partial charge on any atom is -0.392 e. The maximum absolute atomic E-state index is 9.82. The molecular formula is C16H23N3O. The molecule has 0 amide bonds. The molecule has 3 N–H and O–H groups in total. The van der Waals surface area contributed by atoms with E-state index in [0.29, 0.717) is 5.92 Å².